The molecule has 148 valence electrons. The lowest BCUT2D eigenvalue weighted by atomic mass is 10.1. The number of carbonyl (C=O) groups excluding carboxylic acids is 2. The molecule has 2 aromatic rings. The minimum atomic E-state index is -0.198. The molecule has 2 aliphatic rings. The van der Waals surface area contributed by atoms with Gasteiger partial charge in [-0.1, -0.05) is 0 Å². The third-order valence-corrected chi connectivity index (χ3v) is 5.59. The van der Waals surface area contributed by atoms with Crippen LogP contribution in [0.3, 0.4) is 0 Å². The van der Waals surface area contributed by atoms with Gasteiger partial charge in [0.05, 0.1) is 5.69 Å². The molecule has 4 rings (SSSR count). The topological polar surface area (TPSA) is 83.4 Å². The minimum Gasteiger partial charge on any atom is -0.368 e. The number of anilines is 1. The van der Waals surface area contributed by atoms with E-state index < -0.39 is 0 Å². The van der Waals surface area contributed by atoms with Gasteiger partial charge in [-0.25, -0.2) is 0 Å². The van der Waals surface area contributed by atoms with Crippen molar-refractivity contribution in [2.24, 2.45) is 7.05 Å². The van der Waals surface area contributed by atoms with E-state index >= 15 is 0 Å². The maximum atomic E-state index is 12.8. The molecule has 3 heterocycles. The van der Waals surface area contributed by atoms with Crippen LogP contribution in [0.2, 0.25) is 0 Å². The van der Waals surface area contributed by atoms with E-state index in [4.69, 9.17) is 0 Å². The molecule has 2 aromatic heterocycles. The van der Waals surface area contributed by atoms with Gasteiger partial charge in [0.25, 0.3) is 5.91 Å². The highest BCUT2D eigenvalue weighted by Gasteiger charge is 2.44. The molecule has 2 amide bonds. The molecule has 0 aromatic carbocycles. The summed E-state index contributed by atoms with van der Waals surface area (Å²) in [5.41, 5.74) is 2.19. The van der Waals surface area contributed by atoms with Gasteiger partial charge >= 0.3 is 0 Å². The summed E-state index contributed by atoms with van der Waals surface area (Å²) in [5.74, 6) is -0.0327. The summed E-state index contributed by atoms with van der Waals surface area (Å²) in [4.78, 5) is 32.6. The fraction of sp³-hybridized carbons (Fsp3) is 0.500. The van der Waals surface area contributed by atoms with Gasteiger partial charge < -0.3 is 15.1 Å². The number of hydrogen-bond acceptors (Lipinski definition) is 5. The Morgan fingerprint density at radius 1 is 1.18 bits per heavy atom. The molecule has 8 heteroatoms. The van der Waals surface area contributed by atoms with Gasteiger partial charge in [0.2, 0.25) is 5.91 Å². The van der Waals surface area contributed by atoms with Crippen LogP contribution < -0.4 is 10.2 Å². The van der Waals surface area contributed by atoms with E-state index in [2.05, 4.69) is 20.3 Å². The second-order valence-electron chi connectivity index (χ2n) is 7.78. The zero-order valence-corrected chi connectivity index (χ0v) is 16.4. The van der Waals surface area contributed by atoms with Gasteiger partial charge in [-0.3, -0.25) is 19.3 Å². The van der Waals surface area contributed by atoms with Gasteiger partial charge in [0.15, 0.2) is 0 Å². The summed E-state index contributed by atoms with van der Waals surface area (Å²) in [6.45, 7) is 4.52. The lowest BCUT2D eigenvalue weighted by molar-refractivity contribution is -0.129. The van der Waals surface area contributed by atoms with E-state index in [1.807, 2.05) is 36.3 Å². The van der Waals surface area contributed by atoms with Crippen molar-refractivity contribution >= 4 is 17.5 Å². The van der Waals surface area contributed by atoms with E-state index in [0.29, 0.717) is 18.8 Å². The summed E-state index contributed by atoms with van der Waals surface area (Å²) >= 11 is 0. The average Bonchev–Trinajstić information content (AvgIpc) is 3.32. The van der Waals surface area contributed by atoms with Crippen molar-refractivity contribution < 1.29 is 9.59 Å². The first kappa shape index (κ1) is 18.5. The molecule has 8 nitrogen and oxygen atoms in total. The van der Waals surface area contributed by atoms with Crippen molar-refractivity contribution in [1.29, 1.82) is 0 Å². The van der Waals surface area contributed by atoms with Crippen molar-refractivity contribution in [1.82, 2.24) is 25.0 Å². The number of piperazine rings is 1. The summed E-state index contributed by atoms with van der Waals surface area (Å²) in [5, 5.41) is 7.60. The van der Waals surface area contributed by atoms with E-state index in [1.165, 1.54) is 0 Å². The first-order chi connectivity index (χ1) is 13.4. The predicted octanol–water partition coefficient (Wildman–Crippen LogP) is 0.989. The first-order valence-electron chi connectivity index (χ1n) is 9.72. The average molecular weight is 382 g/mol. The second-order valence-corrected chi connectivity index (χ2v) is 7.78. The van der Waals surface area contributed by atoms with Gasteiger partial charge in [0, 0.05) is 70.2 Å². The molecule has 1 aliphatic heterocycles. The number of aromatic nitrogens is 3. The third-order valence-electron chi connectivity index (χ3n) is 5.59. The highest BCUT2D eigenvalue weighted by atomic mass is 16.2. The lowest BCUT2D eigenvalue weighted by Crippen LogP contribution is -2.48. The molecule has 2 fully saturated rings. The Bertz CT molecular complexity index is 880. The van der Waals surface area contributed by atoms with E-state index in [0.717, 1.165) is 43.7 Å². The maximum absolute atomic E-state index is 12.8. The Morgan fingerprint density at radius 2 is 1.93 bits per heavy atom. The van der Waals surface area contributed by atoms with Crippen LogP contribution in [0, 0.1) is 0 Å². The van der Waals surface area contributed by atoms with Gasteiger partial charge in [-0.15, -0.1) is 0 Å². The molecule has 1 saturated carbocycles. The molecular weight excluding hydrogens is 356 g/mol. The summed E-state index contributed by atoms with van der Waals surface area (Å²) in [6, 6.07) is 5.75. The zero-order chi connectivity index (χ0) is 19.7. The van der Waals surface area contributed by atoms with Crippen LogP contribution in [0.25, 0.3) is 0 Å². The number of amides is 2. The van der Waals surface area contributed by atoms with Gasteiger partial charge in [-0.2, -0.15) is 5.10 Å². The molecule has 28 heavy (non-hydrogen) atoms. The fourth-order valence-corrected chi connectivity index (χ4v) is 3.73. The SMILES string of the molecule is CC(=O)N1CCN(c2ccnc(C(=O)NC3(Cc4ccn(C)n4)CC3)c2)CC1. The number of aryl methyl sites for hydroxylation is 1. The number of pyridine rings is 1. The molecule has 0 bridgehead atoms. The van der Waals surface area contributed by atoms with Crippen LogP contribution in [0.1, 0.15) is 35.9 Å². The largest absolute Gasteiger partial charge is 0.368 e. The minimum absolute atomic E-state index is 0.108. The molecule has 0 radical (unpaired) electrons. The molecule has 0 spiro atoms. The van der Waals surface area contributed by atoms with E-state index in [1.54, 1.807) is 17.8 Å². The highest BCUT2D eigenvalue weighted by molar-refractivity contribution is 5.94. The van der Waals surface area contributed by atoms with E-state index in [-0.39, 0.29) is 17.4 Å². The van der Waals surface area contributed by atoms with Crippen LogP contribution in [0.4, 0.5) is 5.69 Å². The number of carbonyl (C=O) groups is 2. The second kappa shape index (κ2) is 7.26. The summed E-state index contributed by atoms with van der Waals surface area (Å²) in [6.07, 6.45) is 6.26. The smallest absolute Gasteiger partial charge is 0.270 e. The Hall–Kier alpha value is -2.90. The molecule has 1 aliphatic carbocycles. The van der Waals surface area contributed by atoms with Crippen LogP contribution in [0.5, 0.6) is 0 Å². The molecule has 0 unspecified atom stereocenters. The van der Waals surface area contributed by atoms with Crippen molar-refractivity contribution in [3.8, 4) is 0 Å². The van der Waals surface area contributed by atoms with Crippen molar-refractivity contribution in [2.45, 2.75) is 31.7 Å². The monoisotopic (exact) mass is 382 g/mol. The number of nitrogens with one attached hydrogen (secondary N) is 1. The number of nitrogens with zero attached hydrogens (tertiary/aromatic N) is 5. The molecule has 1 saturated heterocycles. The summed E-state index contributed by atoms with van der Waals surface area (Å²) < 4.78 is 1.78. The Balaban J connectivity index is 1.40. The summed E-state index contributed by atoms with van der Waals surface area (Å²) in [7, 11) is 1.90. The van der Waals surface area contributed by atoms with Gasteiger partial charge in [-0.05, 0) is 31.0 Å². The van der Waals surface area contributed by atoms with Crippen LogP contribution in [-0.2, 0) is 18.3 Å². The molecule has 1 N–H and O–H groups in total. The van der Waals surface area contributed by atoms with Gasteiger partial charge in [0.1, 0.15) is 5.69 Å². The Morgan fingerprint density at radius 3 is 2.54 bits per heavy atom. The number of rotatable bonds is 5. The quantitative estimate of drug-likeness (QED) is 0.834. The fourth-order valence-electron chi connectivity index (χ4n) is 3.73. The highest BCUT2D eigenvalue weighted by Crippen LogP contribution is 2.38. The number of hydrogen-bond donors (Lipinski definition) is 1. The Labute approximate surface area is 164 Å². The normalized spacial score (nSPS) is 18.1. The third kappa shape index (κ3) is 4.00. The van der Waals surface area contributed by atoms with E-state index in [9.17, 15) is 9.59 Å². The van der Waals surface area contributed by atoms with Crippen molar-refractivity contribution in [3.63, 3.8) is 0 Å². The predicted molar refractivity (Wildman–Crippen MR) is 105 cm³/mol. The van der Waals surface area contributed by atoms with Crippen LogP contribution in [0.15, 0.2) is 30.6 Å². The molecule has 0 atom stereocenters. The van der Waals surface area contributed by atoms with Crippen LogP contribution >= 0.6 is 0 Å². The standard InChI is InChI=1S/C20H26N6O2/c1-15(27)25-9-11-26(12-10-25)17-3-7-21-18(13-17)19(28)22-20(5-6-20)14-16-4-8-24(2)23-16/h3-4,7-8,13H,5-6,9-12,14H2,1-2H3,(H,22,28). The zero-order valence-electron chi connectivity index (χ0n) is 16.4. The van der Waals surface area contributed by atoms with Crippen molar-refractivity contribution in [2.75, 3.05) is 31.1 Å². The first-order valence-corrected chi connectivity index (χ1v) is 9.72. The lowest BCUT2D eigenvalue weighted by Gasteiger charge is -2.35. The van der Waals surface area contributed by atoms with Crippen LogP contribution in [-0.4, -0.2) is 63.2 Å². The Kier molecular flexibility index (Phi) is 4.78. The van der Waals surface area contributed by atoms with Crippen molar-refractivity contribution in [3.05, 3.63) is 42.0 Å². The molecular formula is C20H26N6O2. The maximum Gasteiger partial charge on any atom is 0.270 e.